The molecule has 0 unspecified atom stereocenters. The molecule has 1 amide bonds. The standard InChI is InChI=1S/C19H16N6O/c26-19(22-14-5-6-14)13-3-1-2-11(8-13)17-15-9-12(18-20-10-21-25-18)4-7-16(15)23-24-17/h1-4,7-10,14H,5-6H2,(H,22,26)(H,23,24)(H,20,21,25). The maximum absolute atomic E-state index is 12.3. The number of nitrogens with zero attached hydrogens (tertiary/aromatic N) is 3. The van der Waals surface area contributed by atoms with Crippen molar-refractivity contribution < 1.29 is 4.79 Å². The molecule has 0 aliphatic heterocycles. The van der Waals surface area contributed by atoms with Crippen molar-refractivity contribution in [2.24, 2.45) is 0 Å². The van der Waals surface area contributed by atoms with Crippen molar-refractivity contribution in [2.75, 3.05) is 0 Å². The second-order valence-corrected chi connectivity index (χ2v) is 6.50. The fraction of sp³-hybridized carbons (Fsp3) is 0.158. The van der Waals surface area contributed by atoms with Crippen molar-refractivity contribution >= 4 is 16.8 Å². The number of H-pyrrole nitrogens is 2. The summed E-state index contributed by atoms with van der Waals surface area (Å²) in [6.45, 7) is 0. The molecule has 0 atom stereocenters. The van der Waals surface area contributed by atoms with E-state index >= 15 is 0 Å². The van der Waals surface area contributed by atoms with Crippen LogP contribution in [0, 0.1) is 0 Å². The van der Waals surface area contributed by atoms with Gasteiger partial charge in [0.05, 0.1) is 11.2 Å². The Morgan fingerprint density at radius 2 is 2.00 bits per heavy atom. The molecule has 0 radical (unpaired) electrons. The Bertz CT molecular complexity index is 1090. The SMILES string of the molecule is O=C(NC1CC1)c1cccc(-c2n[nH]c3ccc(-c4ncn[nH]4)cc23)c1. The molecule has 26 heavy (non-hydrogen) atoms. The molecule has 2 aromatic heterocycles. The minimum absolute atomic E-state index is 0.0310. The number of hydrogen-bond acceptors (Lipinski definition) is 4. The highest BCUT2D eigenvalue weighted by molar-refractivity contribution is 5.99. The Balaban J connectivity index is 1.56. The summed E-state index contributed by atoms with van der Waals surface area (Å²) < 4.78 is 0. The third-order valence-corrected chi connectivity index (χ3v) is 4.56. The minimum Gasteiger partial charge on any atom is -0.349 e. The summed E-state index contributed by atoms with van der Waals surface area (Å²) in [5.74, 6) is 0.674. The zero-order chi connectivity index (χ0) is 17.5. The lowest BCUT2D eigenvalue weighted by molar-refractivity contribution is 0.0951. The first-order valence-corrected chi connectivity index (χ1v) is 8.53. The third kappa shape index (κ3) is 2.63. The molecular formula is C19H16N6O. The van der Waals surface area contributed by atoms with Crippen LogP contribution in [-0.2, 0) is 0 Å². The van der Waals surface area contributed by atoms with E-state index in [0.29, 0.717) is 17.4 Å². The Kier molecular flexibility index (Phi) is 3.31. The Morgan fingerprint density at radius 3 is 2.81 bits per heavy atom. The van der Waals surface area contributed by atoms with E-state index in [1.807, 2.05) is 42.5 Å². The average molecular weight is 344 g/mol. The summed E-state index contributed by atoms with van der Waals surface area (Å²) in [6, 6.07) is 13.8. The van der Waals surface area contributed by atoms with Crippen molar-refractivity contribution in [2.45, 2.75) is 18.9 Å². The quantitative estimate of drug-likeness (QED) is 0.530. The number of nitrogens with one attached hydrogen (secondary N) is 3. The zero-order valence-electron chi connectivity index (χ0n) is 13.9. The second kappa shape index (κ2) is 5.80. The van der Waals surface area contributed by atoms with E-state index in [-0.39, 0.29) is 5.91 Å². The number of hydrogen-bond donors (Lipinski definition) is 3. The topological polar surface area (TPSA) is 99.3 Å². The maximum atomic E-state index is 12.3. The number of fused-ring (bicyclic) bond motifs is 1. The molecule has 1 saturated carbocycles. The lowest BCUT2D eigenvalue weighted by Gasteiger charge is -2.05. The Hall–Kier alpha value is -3.48. The van der Waals surface area contributed by atoms with Gasteiger partial charge in [-0.05, 0) is 43.2 Å². The summed E-state index contributed by atoms with van der Waals surface area (Å²) in [5, 5.41) is 18.3. The van der Waals surface area contributed by atoms with Gasteiger partial charge in [0, 0.05) is 28.1 Å². The van der Waals surface area contributed by atoms with Crippen LogP contribution in [0.1, 0.15) is 23.2 Å². The molecule has 1 aliphatic carbocycles. The van der Waals surface area contributed by atoms with Crippen LogP contribution in [0.4, 0.5) is 0 Å². The van der Waals surface area contributed by atoms with E-state index in [4.69, 9.17) is 0 Å². The number of aromatic amines is 2. The molecule has 1 fully saturated rings. The highest BCUT2D eigenvalue weighted by Crippen LogP contribution is 2.30. The van der Waals surface area contributed by atoms with Gasteiger partial charge < -0.3 is 5.32 Å². The normalized spacial score (nSPS) is 13.8. The van der Waals surface area contributed by atoms with Crippen LogP contribution in [0.5, 0.6) is 0 Å². The zero-order valence-corrected chi connectivity index (χ0v) is 13.9. The number of carbonyl (C=O) groups is 1. The van der Waals surface area contributed by atoms with E-state index < -0.39 is 0 Å². The van der Waals surface area contributed by atoms with Gasteiger partial charge in [-0.1, -0.05) is 12.1 Å². The molecule has 2 heterocycles. The van der Waals surface area contributed by atoms with E-state index in [9.17, 15) is 4.79 Å². The average Bonchev–Trinajstić information content (AvgIpc) is 3.16. The fourth-order valence-electron chi connectivity index (χ4n) is 3.03. The van der Waals surface area contributed by atoms with Crippen molar-refractivity contribution in [3.8, 4) is 22.6 Å². The summed E-state index contributed by atoms with van der Waals surface area (Å²) >= 11 is 0. The van der Waals surface area contributed by atoms with Crippen molar-refractivity contribution in [1.82, 2.24) is 30.7 Å². The predicted molar refractivity (Wildman–Crippen MR) is 97.4 cm³/mol. The van der Waals surface area contributed by atoms with Crippen LogP contribution in [0.15, 0.2) is 48.8 Å². The van der Waals surface area contributed by atoms with E-state index in [1.165, 1.54) is 6.33 Å². The van der Waals surface area contributed by atoms with Gasteiger partial charge in [0.25, 0.3) is 5.91 Å². The number of aromatic nitrogens is 5. The largest absolute Gasteiger partial charge is 0.349 e. The lowest BCUT2D eigenvalue weighted by atomic mass is 10.0. The van der Waals surface area contributed by atoms with E-state index in [2.05, 4.69) is 30.7 Å². The van der Waals surface area contributed by atoms with Crippen molar-refractivity contribution in [3.05, 3.63) is 54.4 Å². The minimum atomic E-state index is -0.0310. The molecule has 2 aromatic carbocycles. The van der Waals surface area contributed by atoms with Crippen molar-refractivity contribution in [1.29, 1.82) is 0 Å². The first kappa shape index (κ1) is 14.8. The van der Waals surface area contributed by atoms with E-state index in [1.54, 1.807) is 0 Å². The molecule has 128 valence electrons. The second-order valence-electron chi connectivity index (χ2n) is 6.50. The molecule has 1 aliphatic rings. The summed E-state index contributed by atoms with van der Waals surface area (Å²) in [4.78, 5) is 16.5. The first-order valence-electron chi connectivity index (χ1n) is 8.53. The molecule has 5 rings (SSSR count). The first-order chi connectivity index (χ1) is 12.8. The molecule has 7 heteroatoms. The van der Waals surface area contributed by atoms with Gasteiger partial charge in [0.15, 0.2) is 5.82 Å². The smallest absolute Gasteiger partial charge is 0.251 e. The Morgan fingerprint density at radius 1 is 1.08 bits per heavy atom. The predicted octanol–water partition coefficient (Wildman–Crippen LogP) is 2.91. The van der Waals surface area contributed by atoms with Gasteiger partial charge in [-0.25, -0.2) is 4.98 Å². The van der Waals surface area contributed by atoms with Gasteiger partial charge in [0.1, 0.15) is 6.33 Å². The van der Waals surface area contributed by atoms with Crippen LogP contribution >= 0.6 is 0 Å². The highest BCUT2D eigenvalue weighted by atomic mass is 16.1. The number of carbonyl (C=O) groups excluding carboxylic acids is 1. The van der Waals surface area contributed by atoms with Crippen LogP contribution in [0.3, 0.4) is 0 Å². The van der Waals surface area contributed by atoms with Gasteiger partial charge >= 0.3 is 0 Å². The fourth-order valence-corrected chi connectivity index (χ4v) is 3.03. The highest BCUT2D eigenvalue weighted by Gasteiger charge is 2.24. The maximum Gasteiger partial charge on any atom is 0.251 e. The van der Waals surface area contributed by atoms with Crippen LogP contribution in [-0.4, -0.2) is 37.3 Å². The Labute approximate surface area is 148 Å². The van der Waals surface area contributed by atoms with Gasteiger partial charge in [-0.2, -0.15) is 10.2 Å². The van der Waals surface area contributed by atoms with Crippen LogP contribution in [0.2, 0.25) is 0 Å². The third-order valence-electron chi connectivity index (χ3n) is 4.56. The van der Waals surface area contributed by atoms with Gasteiger partial charge in [-0.3, -0.25) is 15.0 Å². The molecule has 7 nitrogen and oxygen atoms in total. The van der Waals surface area contributed by atoms with Gasteiger partial charge in [-0.15, -0.1) is 0 Å². The molecule has 0 spiro atoms. The van der Waals surface area contributed by atoms with E-state index in [0.717, 1.165) is 40.6 Å². The number of amides is 1. The number of benzene rings is 2. The van der Waals surface area contributed by atoms with Gasteiger partial charge in [0.2, 0.25) is 0 Å². The van der Waals surface area contributed by atoms with Crippen LogP contribution < -0.4 is 5.32 Å². The molecule has 0 saturated heterocycles. The molecule has 0 bridgehead atoms. The summed E-state index contributed by atoms with van der Waals surface area (Å²) in [7, 11) is 0. The summed E-state index contributed by atoms with van der Waals surface area (Å²) in [6.07, 6.45) is 3.62. The van der Waals surface area contributed by atoms with Crippen molar-refractivity contribution in [3.63, 3.8) is 0 Å². The number of rotatable bonds is 4. The van der Waals surface area contributed by atoms with Crippen LogP contribution in [0.25, 0.3) is 33.5 Å². The lowest BCUT2D eigenvalue weighted by Crippen LogP contribution is -2.25. The summed E-state index contributed by atoms with van der Waals surface area (Å²) in [5.41, 5.74) is 4.21. The molecule has 4 aromatic rings. The molecular weight excluding hydrogens is 328 g/mol. The molecule has 3 N–H and O–H groups in total. The monoisotopic (exact) mass is 344 g/mol.